The summed E-state index contributed by atoms with van der Waals surface area (Å²) in [5.74, 6) is 0. The van der Waals surface area contributed by atoms with Crippen LogP contribution in [0.15, 0.2) is 57.4 Å². The Kier molecular flexibility index (Phi) is 4.08. The average Bonchev–Trinajstić information content (AvgIpc) is 2.42. The van der Waals surface area contributed by atoms with Gasteiger partial charge in [0.15, 0.2) is 0 Å². The molecule has 5 nitrogen and oxygen atoms in total. The molecule has 0 saturated carbocycles. The van der Waals surface area contributed by atoms with Gasteiger partial charge in [-0.25, -0.2) is 13.1 Å². The molecule has 1 aromatic carbocycles. The first-order valence-corrected chi connectivity index (χ1v) is 7.74. The molecule has 0 fully saturated rings. The predicted molar refractivity (Wildman–Crippen MR) is 75.5 cm³/mol. The van der Waals surface area contributed by atoms with E-state index in [9.17, 15) is 8.42 Å². The van der Waals surface area contributed by atoms with E-state index in [4.69, 9.17) is 5.73 Å². The number of nitrogens with two attached hydrogens (primary N) is 1. The van der Waals surface area contributed by atoms with Gasteiger partial charge in [-0.15, -0.1) is 0 Å². The lowest BCUT2D eigenvalue weighted by Gasteiger charge is -2.08. The van der Waals surface area contributed by atoms with Crippen molar-refractivity contribution in [1.29, 1.82) is 0 Å². The van der Waals surface area contributed by atoms with E-state index in [1.807, 2.05) is 12.1 Å². The smallest absolute Gasteiger partial charge is 0.240 e. The van der Waals surface area contributed by atoms with Gasteiger partial charge >= 0.3 is 0 Å². The average molecular weight is 295 g/mol. The van der Waals surface area contributed by atoms with Crippen molar-refractivity contribution in [1.82, 2.24) is 9.71 Å². The first-order chi connectivity index (χ1) is 9.03. The Morgan fingerprint density at radius 1 is 1.21 bits per heavy atom. The van der Waals surface area contributed by atoms with Gasteiger partial charge in [0.25, 0.3) is 0 Å². The zero-order valence-electron chi connectivity index (χ0n) is 10.2. The van der Waals surface area contributed by atoms with E-state index in [2.05, 4.69) is 9.71 Å². The second-order valence-corrected chi connectivity index (χ2v) is 6.69. The fourth-order valence-corrected chi connectivity index (χ4v) is 3.03. The van der Waals surface area contributed by atoms with Crippen molar-refractivity contribution in [3.8, 4) is 0 Å². The molecule has 0 radical (unpaired) electrons. The van der Waals surface area contributed by atoms with Crippen LogP contribution in [0.5, 0.6) is 0 Å². The Morgan fingerprint density at radius 2 is 1.89 bits per heavy atom. The molecule has 2 rings (SSSR count). The minimum absolute atomic E-state index is 0.159. The predicted octanol–water partition coefficient (Wildman–Crippen LogP) is 1.72. The number of nitrogens with one attached hydrogen (secondary N) is 1. The van der Waals surface area contributed by atoms with Crippen LogP contribution in [0.2, 0.25) is 0 Å². The van der Waals surface area contributed by atoms with E-state index in [1.165, 1.54) is 30.9 Å². The monoisotopic (exact) mass is 295 g/mol. The second kappa shape index (κ2) is 5.60. The molecule has 2 aromatic rings. The highest BCUT2D eigenvalue weighted by molar-refractivity contribution is 7.99. The van der Waals surface area contributed by atoms with Crippen LogP contribution < -0.4 is 10.5 Å². The fourth-order valence-electron chi connectivity index (χ4n) is 1.44. The van der Waals surface area contributed by atoms with E-state index in [1.54, 1.807) is 18.5 Å². The van der Waals surface area contributed by atoms with Crippen LogP contribution in [0.1, 0.15) is 0 Å². The Hall–Kier alpha value is -1.57. The molecule has 0 aliphatic heterocycles. The van der Waals surface area contributed by atoms with E-state index in [0.717, 1.165) is 9.79 Å². The molecule has 0 aliphatic carbocycles. The van der Waals surface area contributed by atoms with Crippen molar-refractivity contribution in [3.63, 3.8) is 0 Å². The number of sulfonamides is 1. The zero-order chi connectivity index (χ0) is 13.9. The Balaban J connectivity index is 2.31. The Bertz CT molecular complexity index is 673. The summed E-state index contributed by atoms with van der Waals surface area (Å²) in [7, 11) is -2.09. The van der Waals surface area contributed by atoms with Crippen LogP contribution in [0.25, 0.3) is 0 Å². The summed E-state index contributed by atoms with van der Waals surface area (Å²) in [4.78, 5) is 5.89. The largest absolute Gasteiger partial charge is 0.398 e. The number of rotatable bonds is 4. The third-order valence-corrected chi connectivity index (χ3v) is 4.95. The van der Waals surface area contributed by atoms with Gasteiger partial charge in [-0.3, -0.25) is 4.98 Å². The number of benzene rings is 1. The van der Waals surface area contributed by atoms with Crippen LogP contribution in [0.4, 0.5) is 5.69 Å². The van der Waals surface area contributed by atoms with E-state index >= 15 is 0 Å². The molecule has 1 aromatic heterocycles. The molecular formula is C12H13N3O2S2. The first-order valence-electron chi connectivity index (χ1n) is 5.44. The lowest BCUT2D eigenvalue weighted by molar-refractivity contribution is 0.588. The van der Waals surface area contributed by atoms with Crippen molar-refractivity contribution < 1.29 is 8.42 Å². The van der Waals surface area contributed by atoms with Crippen molar-refractivity contribution in [2.75, 3.05) is 12.8 Å². The summed E-state index contributed by atoms with van der Waals surface area (Å²) < 4.78 is 25.5. The Morgan fingerprint density at radius 3 is 2.47 bits per heavy atom. The SMILES string of the molecule is CNS(=O)(=O)c1ccc(Sc2ccncc2)c(N)c1. The maximum absolute atomic E-state index is 11.6. The van der Waals surface area contributed by atoms with E-state index in [-0.39, 0.29) is 4.90 Å². The quantitative estimate of drug-likeness (QED) is 0.839. The zero-order valence-corrected chi connectivity index (χ0v) is 11.8. The number of nitrogens with zero attached hydrogens (tertiary/aromatic N) is 1. The lowest BCUT2D eigenvalue weighted by Crippen LogP contribution is -2.18. The van der Waals surface area contributed by atoms with Crippen molar-refractivity contribution in [2.45, 2.75) is 14.7 Å². The number of hydrogen-bond donors (Lipinski definition) is 2. The Labute approximate surface area is 116 Å². The summed E-state index contributed by atoms with van der Waals surface area (Å²) in [6.45, 7) is 0. The standard InChI is InChI=1S/C12H13N3O2S2/c1-14-19(16,17)10-2-3-12(11(13)8-10)18-9-4-6-15-7-5-9/h2-8,14H,13H2,1H3. The molecule has 1 heterocycles. The molecule has 0 atom stereocenters. The molecule has 0 saturated heterocycles. The van der Waals surface area contributed by atoms with Crippen molar-refractivity contribution in [2.24, 2.45) is 0 Å². The first kappa shape index (κ1) is 13.9. The number of hydrogen-bond acceptors (Lipinski definition) is 5. The van der Waals surface area contributed by atoms with Crippen molar-refractivity contribution in [3.05, 3.63) is 42.7 Å². The fraction of sp³-hybridized carbons (Fsp3) is 0.0833. The molecular weight excluding hydrogens is 282 g/mol. The number of pyridine rings is 1. The summed E-state index contributed by atoms with van der Waals surface area (Å²) in [6, 6.07) is 8.41. The maximum Gasteiger partial charge on any atom is 0.240 e. The lowest BCUT2D eigenvalue weighted by atomic mass is 10.3. The van der Waals surface area contributed by atoms with Crippen LogP contribution in [-0.2, 0) is 10.0 Å². The summed E-state index contributed by atoms with van der Waals surface area (Å²) in [6.07, 6.45) is 3.39. The van der Waals surface area contributed by atoms with Crippen molar-refractivity contribution >= 4 is 27.5 Å². The minimum atomic E-state index is -3.46. The van der Waals surface area contributed by atoms with Gasteiger partial charge < -0.3 is 5.73 Å². The van der Waals surface area contributed by atoms with Gasteiger partial charge in [0, 0.05) is 27.9 Å². The van der Waals surface area contributed by atoms with Gasteiger partial charge in [-0.2, -0.15) is 0 Å². The summed E-state index contributed by atoms with van der Waals surface area (Å²) in [5.41, 5.74) is 6.32. The van der Waals surface area contributed by atoms with E-state index in [0.29, 0.717) is 5.69 Å². The molecule has 19 heavy (non-hydrogen) atoms. The minimum Gasteiger partial charge on any atom is -0.398 e. The highest BCUT2D eigenvalue weighted by Crippen LogP contribution is 2.32. The highest BCUT2D eigenvalue weighted by atomic mass is 32.2. The molecule has 0 unspecified atom stereocenters. The van der Waals surface area contributed by atoms with Crippen LogP contribution >= 0.6 is 11.8 Å². The maximum atomic E-state index is 11.6. The molecule has 7 heteroatoms. The highest BCUT2D eigenvalue weighted by Gasteiger charge is 2.13. The molecule has 0 amide bonds. The molecule has 100 valence electrons. The third-order valence-electron chi connectivity index (χ3n) is 2.44. The number of aromatic nitrogens is 1. The van der Waals surface area contributed by atoms with E-state index < -0.39 is 10.0 Å². The third kappa shape index (κ3) is 3.25. The topological polar surface area (TPSA) is 85.1 Å². The normalized spacial score (nSPS) is 11.4. The van der Waals surface area contributed by atoms with Gasteiger partial charge in [0.2, 0.25) is 10.0 Å². The number of anilines is 1. The summed E-state index contributed by atoms with van der Waals surface area (Å²) in [5, 5.41) is 0. The van der Waals surface area contributed by atoms with Crippen LogP contribution in [-0.4, -0.2) is 20.4 Å². The van der Waals surface area contributed by atoms with Crippen LogP contribution in [0, 0.1) is 0 Å². The summed E-state index contributed by atoms with van der Waals surface area (Å²) >= 11 is 1.46. The molecule has 0 bridgehead atoms. The molecule has 0 aliphatic rings. The second-order valence-electron chi connectivity index (χ2n) is 3.69. The van der Waals surface area contributed by atoms with Gasteiger partial charge in [0.1, 0.15) is 0 Å². The van der Waals surface area contributed by atoms with Gasteiger partial charge in [-0.05, 0) is 37.4 Å². The molecule has 3 N–H and O–H groups in total. The van der Waals surface area contributed by atoms with Gasteiger partial charge in [0.05, 0.1) is 4.90 Å². The number of nitrogen functional groups attached to an aromatic ring is 1. The molecule has 0 spiro atoms. The van der Waals surface area contributed by atoms with Crippen LogP contribution in [0.3, 0.4) is 0 Å². The van der Waals surface area contributed by atoms with Gasteiger partial charge in [-0.1, -0.05) is 11.8 Å².